The number of hydrogen-bond acceptors (Lipinski definition) is 2. The number of halogens is 1. The summed E-state index contributed by atoms with van der Waals surface area (Å²) in [6.07, 6.45) is 5.77. The lowest BCUT2D eigenvalue weighted by molar-refractivity contribution is 0.342. The Hall–Kier alpha value is -0.670. The summed E-state index contributed by atoms with van der Waals surface area (Å²) in [5, 5.41) is 0. The Morgan fingerprint density at radius 2 is 2.00 bits per heavy atom. The monoisotopic (exact) mass is 324 g/mol. The molecule has 0 aromatic heterocycles. The molecule has 0 aliphatic heterocycles. The molecule has 0 unspecified atom stereocenters. The molecular formula is C17H25ClN2S. The third-order valence-corrected chi connectivity index (χ3v) is 5.81. The van der Waals surface area contributed by atoms with Crippen molar-refractivity contribution in [2.45, 2.75) is 31.4 Å². The first-order chi connectivity index (χ1) is 9.81. The first-order valence-electron chi connectivity index (χ1n) is 7.71. The molecule has 2 aliphatic carbocycles. The second-order valence-corrected chi connectivity index (χ2v) is 7.23. The molecule has 3 rings (SSSR count). The SMILES string of the molecule is Cl.NC(CSCc1ccccc1)=NC[C@@H]1C[C@H]2CC[C@H]1C2. The average Bonchev–Trinajstić information content (AvgIpc) is 3.09. The van der Waals surface area contributed by atoms with Gasteiger partial charge in [0.1, 0.15) is 5.84 Å². The van der Waals surface area contributed by atoms with Crippen LogP contribution in [0.4, 0.5) is 0 Å². The minimum atomic E-state index is 0. The van der Waals surface area contributed by atoms with Crippen LogP contribution in [0.25, 0.3) is 0 Å². The second-order valence-electron chi connectivity index (χ2n) is 6.25. The predicted octanol–water partition coefficient (Wildman–Crippen LogP) is 4.14. The Kier molecular flexibility index (Phi) is 6.43. The number of amidine groups is 1. The fourth-order valence-corrected chi connectivity index (χ4v) is 4.56. The zero-order valence-electron chi connectivity index (χ0n) is 12.4. The van der Waals surface area contributed by atoms with Crippen LogP contribution in [0.1, 0.15) is 31.2 Å². The molecule has 0 heterocycles. The summed E-state index contributed by atoms with van der Waals surface area (Å²) >= 11 is 1.86. The maximum Gasteiger partial charge on any atom is 0.104 e. The molecule has 2 N–H and O–H groups in total. The molecule has 0 radical (unpaired) electrons. The van der Waals surface area contributed by atoms with E-state index in [4.69, 9.17) is 5.73 Å². The molecule has 0 saturated heterocycles. The summed E-state index contributed by atoms with van der Waals surface area (Å²) in [5.41, 5.74) is 7.40. The molecule has 21 heavy (non-hydrogen) atoms. The number of hydrogen-bond donors (Lipinski definition) is 1. The van der Waals surface area contributed by atoms with Gasteiger partial charge in [-0.15, -0.1) is 24.2 Å². The molecule has 116 valence electrons. The Labute approximate surface area is 138 Å². The molecule has 2 aliphatic rings. The van der Waals surface area contributed by atoms with Crippen LogP contribution < -0.4 is 5.73 Å². The highest BCUT2D eigenvalue weighted by atomic mass is 35.5. The fraction of sp³-hybridized carbons (Fsp3) is 0.588. The quantitative estimate of drug-likeness (QED) is 0.631. The van der Waals surface area contributed by atoms with Crippen molar-refractivity contribution in [1.29, 1.82) is 0 Å². The van der Waals surface area contributed by atoms with Crippen LogP contribution in [0.5, 0.6) is 0 Å². The van der Waals surface area contributed by atoms with Crippen molar-refractivity contribution in [3.05, 3.63) is 35.9 Å². The molecule has 0 amide bonds. The van der Waals surface area contributed by atoms with Gasteiger partial charge in [0, 0.05) is 12.3 Å². The molecule has 1 aromatic rings. The lowest BCUT2D eigenvalue weighted by Gasteiger charge is -2.19. The van der Waals surface area contributed by atoms with Gasteiger partial charge >= 0.3 is 0 Å². The second kappa shape index (κ2) is 8.09. The smallest absolute Gasteiger partial charge is 0.104 e. The molecule has 2 saturated carbocycles. The third kappa shape index (κ3) is 4.65. The zero-order valence-corrected chi connectivity index (χ0v) is 14.0. The van der Waals surface area contributed by atoms with Crippen LogP contribution in [-0.2, 0) is 5.75 Å². The van der Waals surface area contributed by atoms with Crippen LogP contribution in [0.15, 0.2) is 35.3 Å². The van der Waals surface area contributed by atoms with Gasteiger partial charge in [-0.25, -0.2) is 0 Å². The van der Waals surface area contributed by atoms with E-state index in [-0.39, 0.29) is 12.4 Å². The minimum Gasteiger partial charge on any atom is -0.387 e. The normalized spacial score (nSPS) is 27.6. The first kappa shape index (κ1) is 16.7. The van der Waals surface area contributed by atoms with Crippen molar-refractivity contribution in [2.24, 2.45) is 28.5 Å². The van der Waals surface area contributed by atoms with Crippen molar-refractivity contribution >= 4 is 30.0 Å². The van der Waals surface area contributed by atoms with Gasteiger partial charge in [0.05, 0.1) is 5.75 Å². The summed E-state index contributed by atoms with van der Waals surface area (Å²) in [6.45, 7) is 0.971. The van der Waals surface area contributed by atoms with Crippen molar-refractivity contribution in [3.8, 4) is 0 Å². The van der Waals surface area contributed by atoms with Gasteiger partial charge in [-0.2, -0.15) is 0 Å². The number of rotatable bonds is 6. The number of thioether (sulfide) groups is 1. The van der Waals surface area contributed by atoms with Gasteiger partial charge in [0.15, 0.2) is 0 Å². The van der Waals surface area contributed by atoms with E-state index in [0.717, 1.165) is 41.6 Å². The van der Waals surface area contributed by atoms with E-state index in [1.165, 1.54) is 31.2 Å². The van der Waals surface area contributed by atoms with Gasteiger partial charge < -0.3 is 5.73 Å². The van der Waals surface area contributed by atoms with Crippen molar-refractivity contribution in [3.63, 3.8) is 0 Å². The first-order valence-corrected chi connectivity index (χ1v) is 8.87. The van der Waals surface area contributed by atoms with E-state index >= 15 is 0 Å². The molecule has 4 heteroatoms. The van der Waals surface area contributed by atoms with Crippen LogP contribution in [0.3, 0.4) is 0 Å². The van der Waals surface area contributed by atoms with E-state index in [1.54, 1.807) is 0 Å². The number of benzene rings is 1. The lowest BCUT2D eigenvalue weighted by Crippen LogP contribution is -2.19. The molecular weight excluding hydrogens is 300 g/mol. The maximum atomic E-state index is 6.04. The highest BCUT2D eigenvalue weighted by Crippen LogP contribution is 2.48. The van der Waals surface area contributed by atoms with Gasteiger partial charge in [-0.3, -0.25) is 4.99 Å². The van der Waals surface area contributed by atoms with E-state index in [1.807, 2.05) is 11.8 Å². The predicted molar refractivity (Wildman–Crippen MR) is 95.3 cm³/mol. The Balaban J connectivity index is 0.00000161. The van der Waals surface area contributed by atoms with Crippen LogP contribution in [-0.4, -0.2) is 18.1 Å². The number of nitrogens with zero attached hydrogens (tertiary/aromatic N) is 1. The number of nitrogens with two attached hydrogens (primary N) is 1. The minimum absolute atomic E-state index is 0. The van der Waals surface area contributed by atoms with Crippen LogP contribution in [0.2, 0.25) is 0 Å². The summed E-state index contributed by atoms with van der Waals surface area (Å²) in [6, 6.07) is 10.6. The van der Waals surface area contributed by atoms with Gasteiger partial charge in [-0.1, -0.05) is 36.8 Å². The summed E-state index contributed by atoms with van der Waals surface area (Å²) < 4.78 is 0. The molecule has 1 aromatic carbocycles. The average molecular weight is 325 g/mol. The van der Waals surface area contributed by atoms with Gasteiger partial charge in [0.25, 0.3) is 0 Å². The number of fused-ring (bicyclic) bond motifs is 2. The molecule has 2 nitrogen and oxygen atoms in total. The summed E-state index contributed by atoms with van der Waals surface area (Å²) in [4.78, 5) is 4.63. The molecule has 0 spiro atoms. The largest absolute Gasteiger partial charge is 0.387 e. The Morgan fingerprint density at radius 1 is 1.19 bits per heavy atom. The third-order valence-electron chi connectivity index (χ3n) is 4.77. The summed E-state index contributed by atoms with van der Waals surface area (Å²) in [7, 11) is 0. The van der Waals surface area contributed by atoms with Crippen LogP contribution in [0, 0.1) is 17.8 Å². The van der Waals surface area contributed by atoms with Crippen molar-refractivity contribution in [1.82, 2.24) is 0 Å². The van der Waals surface area contributed by atoms with E-state index < -0.39 is 0 Å². The number of aliphatic imine (C=N–C) groups is 1. The standard InChI is InChI=1S/C17H24N2S.ClH/c18-17(12-20-11-13-4-2-1-3-5-13)19-10-16-9-14-6-7-15(16)8-14;/h1-5,14-16H,6-12H2,(H2,18,19);1H/t14-,15-,16-;/m0./s1. The van der Waals surface area contributed by atoms with E-state index in [9.17, 15) is 0 Å². The van der Waals surface area contributed by atoms with Gasteiger partial charge in [-0.05, 0) is 42.6 Å². The Morgan fingerprint density at radius 3 is 2.67 bits per heavy atom. The molecule has 3 atom stereocenters. The Bertz CT molecular complexity index is 463. The van der Waals surface area contributed by atoms with E-state index in [2.05, 4.69) is 35.3 Å². The van der Waals surface area contributed by atoms with Crippen molar-refractivity contribution < 1.29 is 0 Å². The topological polar surface area (TPSA) is 38.4 Å². The fourth-order valence-electron chi connectivity index (χ4n) is 3.73. The molecule has 2 fully saturated rings. The zero-order chi connectivity index (χ0) is 13.8. The summed E-state index contributed by atoms with van der Waals surface area (Å²) in [5.74, 6) is 5.49. The van der Waals surface area contributed by atoms with E-state index in [0.29, 0.717) is 0 Å². The van der Waals surface area contributed by atoms with Crippen molar-refractivity contribution in [2.75, 3.05) is 12.3 Å². The highest BCUT2D eigenvalue weighted by Gasteiger charge is 2.38. The lowest BCUT2D eigenvalue weighted by atomic mass is 9.89. The highest BCUT2D eigenvalue weighted by molar-refractivity contribution is 7.99. The van der Waals surface area contributed by atoms with Crippen LogP contribution >= 0.6 is 24.2 Å². The molecule has 2 bridgehead atoms. The maximum absolute atomic E-state index is 6.04. The van der Waals surface area contributed by atoms with Gasteiger partial charge in [0.2, 0.25) is 0 Å².